The molecule has 0 aromatic heterocycles. The molecule has 2 atom stereocenters. The van der Waals surface area contributed by atoms with E-state index in [4.69, 9.17) is 4.84 Å². The summed E-state index contributed by atoms with van der Waals surface area (Å²) in [6.07, 6.45) is -11.0. The van der Waals surface area contributed by atoms with E-state index in [1.54, 1.807) is 49.7 Å². The molecule has 11 heteroatoms. The average molecular weight is 462 g/mol. The van der Waals surface area contributed by atoms with Crippen LogP contribution in [0.15, 0.2) is 48.5 Å². The van der Waals surface area contributed by atoms with Crippen LogP contribution in [-0.4, -0.2) is 17.9 Å². The van der Waals surface area contributed by atoms with Gasteiger partial charge in [-0.15, -0.1) is 0 Å². The predicted octanol–water partition coefficient (Wildman–Crippen LogP) is 5.44. The van der Waals surface area contributed by atoms with Crippen LogP contribution in [0.2, 0.25) is 0 Å². The highest BCUT2D eigenvalue weighted by atomic mass is 19.4. The number of alkyl halides is 6. The summed E-state index contributed by atoms with van der Waals surface area (Å²) in [6, 6.07) is 8.73. The van der Waals surface area contributed by atoms with Crippen molar-refractivity contribution in [3.63, 3.8) is 0 Å². The smallest absolute Gasteiger partial charge is 0.324 e. The second kappa shape index (κ2) is 10.0. The Hall–Kier alpha value is -3.08. The van der Waals surface area contributed by atoms with Gasteiger partial charge in [-0.05, 0) is 36.2 Å². The van der Waals surface area contributed by atoms with Crippen molar-refractivity contribution >= 4 is 17.5 Å². The summed E-state index contributed by atoms with van der Waals surface area (Å²) in [5, 5.41) is 2.57. The summed E-state index contributed by atoms with van der Waals surface area (Å²) >= 11 is 0. The number of hydroxylamine groups is 1. The van der Waals surface area contributed by atoms with Gasteiger partial charge in [0.2, 0.25) is 0 Å². The van der Waals surface area contributed by atoms with Crippen molar-refractivity contribution in [1.82, 2.24) is 5.48 Å². The number of hydrogen-bond donors (Lipinski definition) is 2. The zero-order valence-electron chi connectivity index (χ0n) is 17.0. The summed E-state index contributed by atoms with van der Waals surface area (Å²) in [5.41, 5.74) is -1.96. The lowest BCUT2D eigenvalue weighted by atomic mass is 10.0. The highest BCUT2D eigenvalue weighted by Crippen LogP contribution is 2.36. The first-order chi connectivity index (χ1) is 14.8. The highest BCUT2D eigenvalue weighted by molar-refractivity contribution is 5.96. The fourth-order valence-corrected chi connectivity index (χ4v) is 2.64. The molecule has 174 valence electrons. The molecular weight excluding hydrogens is 442 g/mol. The second-order valence-electron chi connectivity index (χ2n) is 7.01. The predicted molar refractivity (Wildman–Crippen MR) is 103 cm³/mol. The van der Waals surface area contributed by atoms with E-state index in [9.17, 15) is 35.9 Å². The summed E-state index contributed by atoms with van der Waals surface area (Å²) < 4.78 is 78.0. The number of hydrogen-bond acceptors (Lipinski definition) is 3. The van der Waals surface area contributed by atoms with Crippen LogP contribution in [0.5, 0.6) is 0 Å². The molecule has 2 aromatic carbocycles. The van der Waals surface area contributed by atoms with Gasteiger partial charge in [-0.2, -0.15) is 26.3 Å². The minimum atomic E-state index is -5.11. The molecule has 2 rings (SSSR count). The number of anilines is 1. The summed E-state index contributed by atoms with van der Waals surface area (Å²) in [6.45, 7) is 3.37. The number of nitrogens with one attached hydrogen (secondary N) is 2. The van der Waals surface area contributed by atoms with Gasteiger partial charge in [0.1, 0.15) is 0 Å². The lowest BCUT2D eigenvalue weighted by molar-refractivity contribution is -0.143. The molecule has 32 heavy (non-hydrogen) atoms. The molecule has 0 radical (unpaired) electrons. The maximum absolute atomic E-state index is 13.0. The fraction of sp³-hybridized carbons (Fsp3) is 0.333. The summed E-state index contributed by atoms with van der Waals surface area (Å²) in [4.78, 5) is 30.0. The summed E-state index contributed by atoms with van der Waals surface area (Å²) in [7, 11) is 0. The van der Waals surface area contributed by atoms with Gasteiger partial charge in [0.25, 0.3) is 11.8 Å². The Morgan fingerprint density at radius 1 is 0.938 bits per heavy atom. The molecule has 0 heterocycles. The molecule has 2 unspecified atom stereocenters. The first kappa shape index (κ1) is 25.2. The quantitative estimate of drug-likeness (QED) is 0.426. The molecule has 0 saturated carbocycles. The van der Waals surface area contributed by atoms with E-state index in [1.165, 1.54) is 0 Å². The van der Waals surface area contributed by atoms with Crippen molar-refractivity contribution in [2.45, 2.75) is 38.7 Å². The molecule has 2 amide bonds. The Labute approximate surface area is 179 Å². The van der Waals surface area contributed by atoms with E-state index < -0.39 is 52.9 Å². The lowest BCUT2D eigenvalue weighted by Gasteiger charge is -2.22. The van der Waals surface area contributed by atoms with E-state index in [0.29, 0.717) is 12.1 Å². The van der Waals surface area contributed by atoms with Gasteiger partial charge in [-0.25, -0.2) is 5.48 Å². The van der Waals surface area contributed by atoms with Gasteiger partial charge in [0.05, 0.1) is 11.1 Å². The number of para-hydroxylation sites is 1. The number of carbonyl (C=O) groups is 2. The topological polar surface area (TPSA) is 67.4 Å². The van der Waals surface area contributed by atoms with Crippen LogP contribution >= 0.6 is 0 Å². The Bertz CT molecular complexity index is 913. The van der Waals surface area contributed by atoms with Crippen molar-refractivity contribution in [1.29, 1.82) is 0 Å². The van der Waals surface area contributed by atoms with Crippen LogP contribution in [0.4, 0.5) is 32.0 Å². The monoisotopic (exact) mass is 462 g/mol. The van der Waals surface area contributed by atoms with E-state index >= 15 is 0 Å². The van der Waals surface area contributed by atoms with E-state index in [2.05, 4.69) is 5.32 Å². The zero-order chi connectivity index (χ0) is 24.1. The van der Waals surface area contributed by atoms with Crippen molar-refractivity contribution in [2.75, 3.05) is 5.32 Å². The first-order valence-electron chi connectivity index (χ1n) is 9.44. The SMILES string of the molecule is CCC(C)C(ONC(=O)c1cc(C(F)(F)F)cc(C(F)(F)F)c1)C(=O)Nc1ccccc1. The third-order valence-corrected chi connectivity index (χ3v) is 4.59. The maximum atomic E-state index is 13.0. The number of rotatable bonds is 7. The Kier molecular flexibility index (Phi) is 7.89. The van der Waals surface area contributed by atoms with E-state index in [1.807, 2.05) is 0 Å². The molecule has 5 nitrogen and oxygen atoms in total. The standard InChI is InChI=1S/C21H20F6N2O3/c1-3-12(2)17(19(31)28-16-7-5-4-6-8-16)32-29-18(30)13-9-14(20(22,23)24)11-15(10-13)21(25,26)27/h4-12,17H,3H2,1-2H3,(H,28,31)(H,29,30). The van der Waals surface area contributed by atoms with Gasteiger partial charge in [0, 0.05) is 11.3 Å². The molecular formula is C21H20F6N2O3. The molecule has 0 bridgehead atoms. The Balaban J connectivity index is 2.23. The molecule has 0 fully saturated rings. The maximum Gasteiger partial charge on any atom is 0.416 e. The molecule has 2 aromatic rings. The number of carbonyl (C=O) groups excluding carboxylic acids is 2. The van der Waals surface area contributed by atoms with Gasteiger partial charge in [-0.3, -0.25) is 14.4 Å². The minimum Gasteiger partial charge on any atom is -0.324 e. The highest BCUT2D eigenvalue weighted by Gasteiger charge is 2.37. The zero-order valence-corrected chi connectivity index (χ0v) is 17.0. The molecule has 0 saturated heterocycles. The third kappa shape index (κ3) is 6.71. The Morgan fingerprint density at radius 3 is 1.94 bits per heavy atom. The van der Waals surface area contributed by atoms with Crippen LogP contribution in [0.1, 0.15) is 41.8 Å². The second-order valence-corrected chi connectivity index (χ2v) is 7.01. The third-order valence-electron chi connectivity index (χ3n) is 4.59. The fourth-order valence-electron chi connectivity index (χ4n) is 2.64. The van der Waals surface area contributed by atoms with Gasteiger partial charge in [-0.1, -0.05) is 38.5 Å². The van der Waals surface area contributed by atoms with Crippen LogP contribution in [-0.2, 0) is 22.0 Å². The normalized spacial score (nSPS) is 13.9. The number of halogens is 6. The largest absolute Gasteiger partial charge is 0.416 e. The number of amides is 2. The van der Waals surface area contributed by atoms with E-state index in [-0.39, 0.29) is 18.2 Å². The van der Waals surface area contributed by atoms with Crippen LogP contribution in [0.25, 0.3) is 0 Å². The van der Waals surface area contributed by atoms with Gasteiger partial charge < -0.3 is 5.32 Å². The Morgan fingerprint density at radius 2 is 1.47 bits per heavy atom. The van der Waals surface area contributed by atoms with Gasteiger partial charge in [0.15, 0.2) is 6.10 Å². The lowest BCUT2D eigenvalue weighted by Crippen LogP contribution is -2.41. The molecule has 0 aliphatic carbocycles. The van der Waals surface area contributed by atoms with Gasteiger partial charge >= 0.3 is 12.4 Å². The van der Waals surface area contributed by atoms with E-state index in [0.717, 1.165) is 0 Å². The van der Waals surface area contributed by atoms with Crippen molar-refractivity contribution in [3.05, 3.63) is 65.2 Å². The number of benzene rings is 2. The van der Waals surface area contributed by atoms with Crippen molar-refractivity contribution < 1.29 is 40.8 Å². The molecule has 0 spiro atoms. The molecule has 0 aliphatic rings. The average Bonchev–Trinajstić information content (AvgIpc) is 2.72. The molecule has 2 N–H and O–H groups in total. The van der Waals surface area contributed by atoms with Crippen LogP contribution < -0.4 is 10.8 Å². The minimum absolute atomic E-state index is 0.0904. The van der Waals surface area contributed by atoms with Crippen LogP contribution in [0.3, 0.4) is 0 Å². The summed E-state index contributed by atoms with van der Waals surface area (Å²) in [5.74, 6) is -2.44. The molecule has 0 aliphatic heterocycles. The first-order valence-corrected chi connectivity index (χ1v) is 9.44. The van der Waals surface area contributed by atoms with Crippen LogP contribution in [0, 0.1) is 5.92 Å². The van der Waals surface area contributed by atoms with Crippen molar-refractivity contribution in [3.8, 4) is 0 Å². The van der Waals surface area contributed by atoms with Crippen molar-refractivity contribution in [2.24, 2.45) is 5.92 Å².